The summed E-state index contributed by atoms with van der Waals surface area (Å²) in [5.74, 6) is -4.27. The predicted octanol–water partition coefficient (Wildman–Crippen LogP) is 4.87. The van der Waals surface area contributed by atoms with Gasteiger partial charge in [-0.25, -0.2) is 22.8 Å². The molecule has 230 valence electrons. The average molecular weight is 634 g/mol. The second kappa shape index (κ2) is 11.9. The van der Waals surface area contributed by atoms with Gasteiger partial charge in [-0.15, -0.1) is 19.8 Å². The SMILES string of the molecule is C=C[C@@H]1C[C@@H](C(=O)NCc2cc(-c3cnc(C(F)(F)F)nc3)ncc2OC(F)(F)F)N(S(=O)(=O)c2ccc(F)cc2)[C@H]1C. The minimum Gasteiger partial charge on any atom is -0.404 e. The number of sulfonamides is 1. The number of pyridine rings is 1. The molecule has 1 aliphatic heterocycles. The molecule has 1 aromatic carbocycles. The van der Waals surface area contributed by atoms with Gasteiger partial charge in [0.1, 0.15) is 11.9 Å². The average Bonchev–Trinajstić information content (AvgIpc) is 3.28. The van der Waals surface area contributed by atoms with Gasteiger partial charge in [0.25, 0.3) is 0 Å². The molecule has 0 spiro atoms. The fraction of sp³-hybridized carbons (Fsp3) is 0.308. The summed E-state index contributed by atoms with van der Waals surface area (Å²) in [4.78, 5) is 23.2. The number of hydrogen-bond acceptors (Lipinski definition) is 7. The van der Waals surface area contributed by atoms with Crippen molar-refractivity contribution in [3.63, 3.8) is 0 Å². The molecule has 1 amide bonds. The molecule has 43 heavy (non-hydrogen) atoms. The van der Waals surface area contributed by atoms with Crippen LogP contribution in [-0.2, 0) is 27.5 Å². The highest BCUT2D eigenvalue weighted by Gasteiger charge is 2.48. The highest BCUT2D eigenvalue weighted by molar-refractivity contribution is 7.89. The van der Waals surface area contributed by atoms with Gasteiger partial charge in [0.15, 0.2) is 5.75 Å². The molecule has 0 radical (unpaired) electrons. The summed E-state index contributed by atoms with van der Waals surface area (Å²) in [6.45, 7) is 4.62. The fourth-order valence-corrected chi connectivity index (χ4v) is 6.40. The Labute approximate surface area is 240 Å². The van der Waals surface area contributed by atoms with Gasteiger partial charge in [0, 0.05) is 36.1 Å². The number of nitrogens with one attached hydrogen (secondary N) is 1. The standard InChI is InChI=1S/C26H22F7N5O4S/c1-3-15-9-21(38(14(15)2)43(40,41)19-6-4-18(27)5-7-19)23(39)35-10-16-8-20(34-13-22(16)42-26(31,32)33)17-11-36-24(37-12-17)25(28,29)30/h3-8,11-15,21H,1,9-10H2,2H3,(H,35,39)/t14-,15+,21-/m0/s1. The number of carbonyl (C=O) groups excluding carboxylic acids is 1. The van der Waals surface area contributed by atoms with Crippen molar-refractivity contribution in [2.24, 2.45) is 5.92 Å². The van der Waals surface area contributed by atoms with Gasteiger partial charge in [0.2, 0.25) is 21.8 Å². The van der Waals surface area contributed by atoms with E-state index in [1.54, 1.807) is 6.92 Å². The summed E-state index contributed by atoms with van der Waals surface area (Å²) in [6, 6.07) is 2.93. The second-order valence-corrected chi connectivity index (χ2v) is 11.3. The van der Waals surface area contributed by atoms with E-state index < -0.39 is 70.4 Å². The summed E-state index contributed by atoms with van der Waals surface area (Å²) in [5.41, 5.74) is -0.488. The van der Waals surface area contributed by atoms with Gasteiger partial charge in [-0.3, -0.25) is 9.78 Å². The molecule has 1 saturated heterocycles. The molecule has 3 aromatic rings. The van der Waals surface area contributed by atoms with Crippen LogP contribution < -0.4 is 10.1 Å². The summed E-state index contributed by atoms with van der Waals surface area (Å²) in [7, 11) is -4.33. The van der Waals surface area contributed by atoms with E-state index in [4.69, 9.17) is 0 Å². The largest absolute Gasteiger partial charge is 0.573 e. The first kappa shape index (κ1) is 31.8. The highest BCUT2D eigenvalue weighted by atomic mass is 32.2. The van der Waals surface area contributed by atoms with Crippen molar-refractivity contribution in [3.05, 3.63) is 78.8 Å². The van der Waals surface area contributed by atoms with E-state index in [9.17, 15) is 43.9 Å². The molecule has 0 bridgehead atoms. The normalized spacial score (nSPS) is 19.7. The molecule has 17 heteroatoms. The van der Waals surface area contributed by atoms with Crippen molar-refractivity contribution in [3.8, 4) is 17.0 Å². The lowest BCUT2D eigenvalue weighted by Gasteiger charge is -2.27. The Bertz CT molecular complexity index is 1600. The van der Waals surface area contributed by atoms with E-state index in [-0.39, 0.29) is 28.1 Å². The number of rotatable bonds is 8. The fourth-order valence-electron chi connectivity index (χ4n) is 4.57. The van der Waals surface area contributed by atoms with Crippen LogP contribution in [0.4, 0.5) is 30.7 Å². The summed E-state index contributed by atoms with van der Waals surface area (Å²) in [6.07, 6.45) is -6.30. The summed E-state index contributed by atoms with van der Waals surface area (Å²) in [5, 5.41) is 2.41. The lowest BCUT2D eigenvalue weighted by molar-refractivity contribution is -0.275. The number of carbonyl (C=O) groups is 1. The van der Waals surface area contributed by atoms with Crippen molar-refractivity contribution in [1.29, 1.82) is 0 Å². The van der Waals surface area contributed by atoms with Gasteiger partial charge >= 0.3 is 12.5 Å². The van der Waals surface area contributed by atoms with Crippen molar-refractivity contribution < 1.29 is 48.7 Å². The lowest BCUT2D eigenvalue weighted by Crippen LogP contribution is -2.48. The molecule has 3 heterocycles. The number of ether oxygens (including phenoxy) is 1. The molecular formula is C26H22F7N5O4S. The first-order valence-electron chi connectivity index (χ1n) is 12.3. The summed E-state index contributed by atoms with van der Waals surface area (Å²) < 4.78 is 123. The number of alkyl halides is 6. The molecule has 1 N–H and O–H groups in total. The van der Waals surface area contributed by atoms with Gasteiger partial charge in [-0.2, -0.15) is 17.5 Å². The highest BCUT2D eigenvalue weighted by Crippen LogP contribution is 2.36. The quantitative estimate of drug-likeness (QED) is 0.278. The van der Waals surface area contributed by atoms with Crippen LogP contribution in [0.1, 0.15) is 24.7 Å². The van der Waals surface area contributed by atoms with Crippen LogP contribution in [0.5, 0.6) is 5.75 Å². The van der Waals surface area contributed by atoms with E-state index in [1.165, 1.54) is 6.08 Å². The second-order valence-electron chi connectivity index (χ2n) is 9.42. The minimum atomic E-state index is -5.16. The zero-order valence-corrected chi connectivity index (χ0v) is 22.8. The number of halogens is 7. The third kappa shape index (κ3) is 7.10. The van der Waals surface area contributed by atoms with Gasteiger partial charge in [0.05, 0.1) is 16.8 Å². The maximum Gasteiger partial charge on any atom is 0.573 e. The Morgan fingerprint density at radius 1 is 1.09 bits per heavy atom. The Morgan fingerprint density at radius 2 is 1.72 bits per heavy atom. The van der Waals surface area contributed by atoms with Crippen LogP contribution in [0.25, 0.3) is 11.3 Å². The molecule has 9 nitrogen and oxygen atoms in total. The number of benzene rings is 1. The molecule has 3 atom stereocenters. The molecule has 1 fully saturated rings. The Morgan fingerprint density at radius 3 is 2.28 bits per heavy atom. The predicted molar refractivity (Wildman–Crippen MR) is 136 cm³/mol. The van der Waals surface area contributed by atoms with Crippen molar-refractivity contribution in [1.82, 2.24) is 24.6 Å². The zero-order valence-electron chi connectivity index (χ0n) is 22.0. The third-order valence-corrected chi connectivity index (χ3v) is 8.66. The van der Waals surface area contributed by atoms with E-state index >= 15 is 0 Å². The number of aromatic nitrogens is 3. The molecular weight excluding hydrogens is 611 g/mol. The first-order valence-corrected chi connectivity index (χ1v) is 13.8. The lowest BCUT2D eigenvalue weighted by atomic mass is 10.0. The zero-order chi connectivity index (χ0) is 31.7. The minimum absolute atomic E-state index is 0.00663. The maximum atomic E-state index is 13.5. The van der Waals surface area contributed by atoms with Crippen LogP contribution in [0.3, 0.4) is 0 Å². The van der Waals surface area contributed by atoms with E-state index in [2.05, 4.69) is 31.6 Å². The van der Waals surface area contributed by atoms with E-state index in [1.807, 2.05) is 0 Å². The summed E-state index contributed by atoms with van der Waals surface area (Å²) >= 11 is 0. The van der Waals surface area contributed by atoms with Gasteiger partial charge in [-0.1, -0.05) is 6.08 Å². The topological polar surface area (TPSA) is 114 Å². The van der Waals surface area contributed by atoms with Crippen molar-refractivity contribution in [2.75, 3.05) is 0 Å². The Balaban J connectivity index is 1.63. The molecule has 4 rings (SSSR count). The van der Waals surface area contributed by atoms with E-state index in [0.717, 1.165) is 47.0 Å². The molecule has 0 unspecified atom stereocenters. The molecule has 1 aliphatic rings. The molecule has 0 saturated carbocycles. The maximum absolute atomic E-state index is 13.5. The van der Waals surface area contributed by atoms with Crippen molar-refractivity contribution >= 4 is 15.9 Å². The van der Waals surface area contributed by atoms with Crippen LogP contribution in [-0.4, -0.2) is 52.0 Å². The first-order chi connectivity index (χ1) is 20.0. The number of amides is 1. The van der Waals surface area contributed by atoms with Crippen LogP contribution in [0.15, 0.2) is 66.5 Å². The van der Waals surface area contributed by atoms with Crippen molar-refractivity contribution in [2.45, 2.75) is 49.4 Å². The molecule has 0 aliphatic carbocycles. The number of hydrogen-bond donors (Lipinski definition) is 1. The van der Waals surface area contributed by atoms with Crippen LogP contribution >= 0.6 is 0 Å². The Kier molecular flexibility index (Phi) is 8.78. The van der Waals surface area contributed by atoms with E-state index in [0.29, 0.717) is 6.20 Å². The van der Waals surface area contributed by atoms with Crippen LogP contribution in [0.2, 0.25) is 0 Å². The number of nitrogens with zero attached hydrogens (tertiary/aromatic N) is 4. The van der Waals surface area contributed by atoms with Crippen LogP contribution in [0, 0.1) is 11.7 Å². The monoisotopic (exact) mass is 633 g/mol. The Hall–Kier alpha value is -4.12. The van der Waals surface area contributed by atoms with Gasteiger partial charge < -0.3 is 10.1 Å². The smallest absolute Gasteiger partial charge is 0.404 e. The van der Waals surface area contributed by atoms with Gasteiger partial charge in [-0.05, 0) is 49.6 Å². The molecule has 2 aromatic heterocycles. The third-order valence-electron chi connectivity index (χ3n) is 6.65.